The molecule has 0 saturated heterocycles. The molecule has 0 heterocycles. The lowest BCUT2D eigenvalue weighted by Gasteiger charge is -1.97. The molecule has 3 heteroatoms. The minimum atomic E-state index is 0.0846. The largest absolute Gasteiger partial charge is 0.376 e. The molecule has 0 atom stereocenters. The van der Waals surface area contributed by atoms with Crippen molar-refractivity contribution in [2.24, 2.45) is 5.73 Å². The van der Waals surface area contributed by atoms with Gasteiger partial charge in [0.15, 0.2) is 5.78 Å². The number of carbonyl (C=O) groups excluding carboxylic acids is 1. The van der Waals surface area contributed by atoms with Crippen LogP contribution in [0.15, 0.2) is 11.6 Å². The summed E-state index contributed by atoms with van der Waals surface area (Å²) >= 11 is 0. The number of ketones is 1. The number of Topliss-reactive ketones (excluding diaryl/α,β-unsaturated/α-hetero) is 1. The van der Waals surface area contributed by atoms with Gasteiger partial charge in [-0.2, -0.15) is 0 Å². The Morgan fingerprint density at radius 2 is 2.18 bits per heavy atom. The van der Waals surface area contributed by atoms with Crippen molar-refractivity contribution in [2.45, 2.75) is 13.8 Å². The van der Waals surface area contributed by atoms with Gasteiger partial charge in [0.05, 0.1) is 13.2 Å². The summed E-state index contributed by atoms with van der Waals surface area (Å²) in [4.78, 5) is 10.7. The number of ether oxygens (including phenoxy) is 1. The number of hydrogen-bond donors (Lipinski definition) is 1. The maximum absolute atomic E-state index is 10.7. The molecule has 2 N–H and O–H groups in total. The average Bonchev–Trinajstić information content (AvgIpc) is 1.97. The molecule has 0 spiro atoms. The molecule has 0 aromatic heterocycles. The fourth-order valence-electron chi connectivity index (χ4n) is 0.494. The minimum Gasteiger partial charge on any atom is -0.376 e. The molecule has 0 saturated carbocycles. The second kappa shape index (κ2) is 6.07. The molecule has 0 radical (unpaired) electrons. The molecular weight excluding hydrogens is 142 g/mol. The highest BCUT2D eigenvalue weighted by Gasteiger charge is 1.93. The maximum atomic E-state index is 10.7. The Balaban J connectivity index is 3.48. The maximum Gasteiger partial charge on any atom is 0.155 e. The number of rotatable bonds is 5. The van der Waals surface area contributed by atoms with Gasteiger partial charge < -0.3 is 10.5 Å². The third kappa shape index (κ3) is 5.76. The molecule has 0 aliphatic heterocycles. The van der Waals surface area contributed by atoms with E-state index in [1.165, 1.54) is 6.92 Å². The zero-order valence-corrected chi connectivity index (χ0v) is 7.09. The Hall–Kier alpha value is -0.670. The van der Waals surface area contributed by atoms with Gasteiger partial charge in [0.1, 0.15) is 0 Å². The van der Waals surface area contributed by atoms with Crippen molar-refractivity contribution >= 4 is 5.78 Å². The zero-order chi connectivity index (χ0) is 8.69. The monoisotopic (exact) mass is 157 g/mol. The summed E-state index contributed by atoms with van der Waals surface area (Å²) in [6, 6.07) is 0. The Morgan fingerprint density at radius 3 is 2.64 bits per heavy atom. The fraction of sp³-hybridized carbons (Fsp3) is 0.625. The molecule has 0 aliphatic carbocycles. The van der Waals surface area contributed by atoms with Gasteiger partial charge in [0.25, 0.3) is 0 Å². The van der Waals surface area contributed by atoms with E-state index in [2.05, 4.69) is 0 Å². The second-order valence-corrected chi connectivity index (χ2v) is 2.31. The second-order valence-electron chi connectivity index (χ2n) is 2.31. The van der Waals surface area contributed by atoms with Gasteiger partial charge >= 0.3 is 0 Å². The summed E-state index contributed by atoms with van der Waals surface area (Å²) in [5.41, 5.74) is 5.93. The highest BCUT2D eigenvalue weighted by atomic mass is 16.5. The van der Waals surface area contributed by atoms with Crippen molar-refractivity contribution < 1.29 is 9.53 Å². The van der Waals surface area contributed by atoms with Crippen LogP contribution in [0.4, 0.5) is 0 Å². The molecule has 0 aromatic carbocycles. The van der Waals surface area contributed by atoms with E-state index in [1.807, 2.05) is 0 Å². The topological polar surface area (TPSA) is 52.3 Å². The van der Waals surface area contributed by atoms with Gasteiger partial charge in [-0.25, -0.2) is 0 Å². The van der Waals surface area contributed by atoms with Crippen LogP contribution < -0.4 is 5.73 Å². The Labute approximate surface area is 67.2 Å². The van der Waals surface area contributed by atoms with Gasteiger partial charge in [-0.3, -0.25) is 4.79 Å². The smallest absolute Gasteiger partial charge is 0.155 e. The Morgan fingerprint density at radius 1 is 1.55 bits per heavy atom. The van der Waals surface area contributed by atoms with Crippen LogP contribution in [-0.2, 0) is 9.53 Å². The molecule has 0 fully saturated rings. The van der Waals surface area contributed by atoms with Crippen LogP contribution in [0.1, 0.15) is 13.8 Å². The highest BCUT2D eigenvalue weighted by Crippen LogP contribution is 1.92. The zero-order valence-electron chi connectivity index (χ0n) is 7.09. The third-order valence-electron chi connectivity index (χ3n) is 1.32. The molecule has 0 rings (SSSR count). The third-order valence-corrected chi connectivity index (χ3v) is 1.32. The SMILES string of the molecule is CC(=O)/C(C)=C\COCCN. The Bertz CT molecular complexity index is 152. The summed E-state index contributed by atoms with van der Waals surface area (Å²) < 4.78 is 5.05. The first-order chi connectivity index (χ1) is 5.18. The number of hydrogen-bond acceptors (Lipinski definition) is 3. The predicted octanol–water partition coefficient (Wildman–Crippen LogP) is 0.497. The molecule has 0 aliphatic rings. The molecule has 0 aromatic rings. The van der Waals surface area contributed by atoms with Crippen molar-refractivity contribution in [3.8, 4) is 0 Å². The van der Waals surface area contributed by atoms with Gasteiger partial charge in [-0.1, -0.05) is 6.08 Å². The minimum absolute atomic E-state index is 0.0846. The van der Waals surface area contributed by atoms with Crippen LogP contribution in [0, 0.1) is 0 Å². The van der Waals surface area contributed by atoms with E-state index in [0.717, 1.165) is 5.57 Å². The average molecular weight is 157 g/mol. The van der Waals surface area contributed by atoms with E-state index >= 15 is 0 Å². The van der Waals surface area contributed by atoms with E-state index in [-0.39, 0.29) is 5.78 Å². The van der Waals surface area contributed by atoms with Crippen molar-refractivity contribution in [3.05, 3.63) is 11.6 Å². The van der Waals surface area contributed by atoms with Gasteiger partial charge in [0, 0.05) is 6.54 Å². The highest BCUT2D eigenvalue weighted by molar-refractivity contribution is 5.92. The van der Waals surface area contributed by atoms with Crippen molar-refractivity contribution in [1.82, 2.24) is 0 Å². The van der Waals surface area contributed by atoms with E-state index < -0.39 is 0 Å². The molecule has 0 amide bonds. The lowest BCUT2D eigenvalue weighted by molar-refractivity contribution is -0.113. The van der Waals surface area contributed by atoms with Crippen molar-refractivity contribution in [1.29, 1.82) is 0 Å². The van der Waals surface area contributed by atoms with E-state index in [4.69, 9.17) is 10.5 Å². The van der Waals surface area contributed by atoms with Crippen LogP contribution in [0.3, 0.4) is 0 Å². The van der Waals surface area contributed by atoms with Crippen LogP contribution in [0.5, 0.6) is 0 Å². The number of nitrogens with two attached hydrogens (primary N) is 1. The molecule has 3 nitrogen and oxygen atoms in total. The first-order valence-corrected chi connectivity index (χ1v) is 3.64. The normalized spacial score (nSPS) is 11.7. The molecule has 0 bridgehead atoms. The lowest BCUT2D eigenvalue weighted by atomic mass is 10.2. The summed E-state index contributed by atoms with van der Waals surface area (Å²) in [6.07, 6.45) is 1.76. The summed E-state index contributed by atoms with van der Waals surface area (Å²) in [5, 5.41) is 0. The standard InChI is InChI=1S/C8H15NO2/c1-7(8(2)10)3-5-11-6-4-9/h3H,4-6,9H2,1-2H3/b7-3-. The fourth-order valence-corrected chi connectivity index (χ4v) is 0.494. The summed E-state index contributed by atoms with van der Waals surface area (Å²) in [5.74, 6) is 0.0846. The van der Waals surface area contributed by atoms with E-state index in [9.17, 15) is 4.79 Å². The van der Waals surface area contributed by atoms with Crippen molar-refractivity contribution in [2.75, 3.05) is 19.8 Å². The van der Waals surface area contributed by atoms with Crippen LogP contribution in [0.25, 0.3) is 0 Å². The van der Waals surface area contributed by atoms with Gasteiger partial charge in [0.2, 0.25) is 0 Å². The quantitative estimate of drug-likeness (QED) is 0.467. The molecule has 0 unspecified atom stereocenters. The molecular formula is C8H15NO2. The van der Waals surface area contributed by atoms with Crippen molar-refractivity contribution in [3.63, 3.8) is 0 Å². The van der Waals surface area contributed by atoms with Crippen LogP contribution in [0.2, 0.25) is 0 Å². The molecule has 64 valence electrons. The Kier molecular flexibility index (Phi) is 5.70. The van der Waals surface area contributed by atoms with Crippen LogP contribution >= 0.6 is 0 Å². The van der Waals surface area contributed by atoms with E-state index in [0.29, 0.717) is 19.8 Å². The first kappa shape index (κ1) is 10.3. The predicted molar refractivity (Wildman–Crippen MR) is 44.3 cm³/mol. The lowest BCUT2D eigenvalue weighted by Crippen LogP contribution is -2.08. The first-order valence-electron chi connectivity index (χ1n) is 3.64. The molecule has 11 heavy (non-hydrogen) atoms. The van der Waals surface area contributed by atoms with Gasteiger partial charge in [-0.15, -0.1) is 0 Å². The number of carbonyl (C=O) groups is 1. The van der Waals surface area contributed by atoms with Crippen LogP contribution in [-0.4, -0.2) is 25.5 Å². The summed E-state index contributed by atoms with van der Waals surface area (Å²) in [7, 11) is 0. The number of allylic oxidation sites excluding steroid dienone is 1. The van der Waals surface area contributed by atoms with Gasteiger partial charge in [-0.05, 0) is 19.4 Å². The summed E-state index contributed by atoms with van der Waals surface area (Å²) in [6.45, 7) is 4.85. The van der Waals surface area contributed by atoms with E-state index in [1.54, 1.807) is 13.0 Å².